The lowest BCUT2D eigenvalue weighted by Gasteiger charge is -2.15. The third-order valence-electron chi connectivity index (χ3n) is 3.87. The molecule has 12 nitrogen and oxygen atoms in total. The summed E-state index contributed by atoms with van der Waals surface area (Å²) in [6, 6.07) is 0. The van der Waals surface area contributed by atoms with Crippen LogP contribution in [-0.2, 0) is 11.8 Å². The van der Waals surface area contributed by atoms with E-state index in [4.69, 9.17) is 9.84 Å². The Hall–Kier alpha value is -2.48. The lowest BCUT2D eigenvalue weighted by molar-refractivity contribution is -0.392. The number of hydrogen-bond acceptors (Lipinski definition) is 9. The molecule has 13 heteroatoms. The Balaban J connectivity index is 1.98. The minimum absolute atomic E-state index is 0.0156. The van der Waals surface area contributed by atoms with E-state index in [1.165, 1.54) is 24.1 Å². The summed E-state index contributed by atoms with van der Waals surface area (Å²) in [6.45, 7) is -0.418. The highest BCUT2D eigenvalue weighted by atomic mass is 32.2. The maximum Gasteiger partial charge on any atom is 0.396 e. The molecule has 0 aliphatic carbocycles. The van der Waals surface area contributed by atoms with Gasteiger partial charge in [-0.3, -0.25) is 14.3 Å². The number of nitrogens with zero attached hydrogens (tertiary/aromatic N) is 4. The monoisotopic (exact) mass is 385 g/mol. The number of aliphatic hydroxyl groups excluding tert-OH is 2. The van der Waals surface area contributed by atoms with E-state index in [9.17, 15) is 24.8 Å². The molecule has 1 fully saturated rings. The second kappa shape index (κ2) is 7.03. The van der Waals surface area contributed by atoms with Crippen LogP contribution in [0.25, 0.3) is 0 Å². The smallest absolute Gasteiger partial charge is 0.394 e. The quantitative estimate of drug-likeness (QED) is 0.431. The lowest BCUT2D eigenvalue weighted by atomic mass is 10.2. The molecule has 0 unspecified atom stereocenters. The minimum atomic E-state index is -0.960. The molecule has 1 saturated heterocycles. The minimum Gasteiger partial charge on any atom is -0.394 e. The van der Waals surface area contributed by atoms with Crippen LogP contribution in [0.5, 0.6) is 0 Å². The van der Waals surface area contributed by atoms with Crippen molar-refractivity contribution >= 4 is 17.6 Å². The molecule has 3 N–H and O–H groups in total. The molecule has 1 aliphatic rings. The molecule has 26 heavy (non-hydrogen) atoms. The molecule has 2 aromatic rings. The highest BCUT2D eigenvalue weighted by Gasteiger charge is 2.35. The van der Waals surface area contributed by atoms with Gasteiger partial charge in [-0.05, 0) is 9.91 Å². The number of ether oxygens (including phenoxy) is 1. The summed E-state index contributed by atoms with van der Waals surface area (Å²) in [5, 5.41) is 30.1. The fourth-order valence-electron chi connectivity index (χ4n) is 2.56. The van der Waals surface area contributed by atoms with Gasteiger partial charge in [0.25, 0.3) is 5.56 Å². The predicted octanol–water partition coefficient (Wildman–Crippen LogP) is -1.03. The molecular weight excluding hydrogens is 370 g/mol. The largest absolute Gasteiger partial charge is 0.396 e. The molecule has 1 aliphatic heterocycles. The molecular formula is C13H15N5O7S. The highest BCUT2D eigenvalue weighted by Crippen LogP contribution is 2.33. The highest BCUT2D eigenvalue weighted by molar-refractivity contribution is 7.99. The summed E-state index contributed by atoms with van der Waals surface area (Å²) in [6.07, 6.45) is -0.182. The number of aliphatic hydroxyl groups is 2. The van der Waals surface area contributed by atoms with Gasteiger partial charge in [-0.15, -0.1) is 0 Å². The van der Waals surface area contributed by atoms with Crippen molar-refractivity contribution in [2.45, 2.75) is 34.8 Å². The van der Waals surface area contributed by atoms with Crippen LogP contribution in [0.1, 0.15) is 12.6 Å². The van der Waals surface area contributed by atoms with Crippen LogP contribution >= 0.6 is 11.8 Å². The van der Waals surface area contributed by atoms with Gasteiger partial charge < -0.3 is 29.6 Å². The van der Waals surface area contributed by atoms with Crippen molar-refractivity contribution in [1.82, 2.24) is 19.1 Å². The Bertz CT molecular complexity index is 951. The maximum atomic E-state index is 12.1. The number of aromatic amines is 1. The van der Waals surface area contributed by atoms with E-state index in [-0.39, 0.29) is 16.3 Å². The van der Waals surface area contributed by atoms with Crippen molar-refractivity contribution in [3.05, 3.63) is 43.5 Å². The van der Waals surface area contributed by atoms with Crippen LogP contribution in [-0.4, -0.2) is 53.1 Å². The zero-order valence-electron chi connectivity index (χ0n) is 13.4. The van der Waals surface area contributed by atoms with Crippen LogP contribution in [0.2, 0.25) is 0 Å². The molecule has 0 amide bonds. The Kier molecular flexibility index (Phi) is 4.95. The van der Waals surface area contributed by atoms with E-state index in [1.54, 1.807) is 0 Å². The van der Waals surface area contributed by atoms with E-state index in [0.717, 1.165) is 16.3 Å². The summed E-state index contributed by atoms with van der Waals surface area (Å²) >= 11 is 0.779. The van der Waals surface area contributed by atoms with Crippen molar-refractivity contribution in [3.8, 4) is 0 Å². The van der Waals surface area contributed by atoms with Crippen LogP contribution < -0.4 is 11.2 Å². The average Bonchev–Trinajstić information content (AvgIpc) is 3.13. The van der Waals surface area contributed by atoms with Gasteiger partial charge in [0.15, 0.2) is 5.03 Å². The summed E-state index contributed by atoms with van der Waals surface area (Å²) in [7, 11) is 1.54. The number of aromatic nitrogens is 4. The first-order valence-electron chi connectivity index (χ1n) is 7.45. The third kappa shape index (κ3) is 3.29. The standard InChI is InChI=1S/C13H15N5O7S/c1-16-5-14-10(18(23)24)12(16)26-8-3-17(13(22)15-11(8)21)9-2-6(20)7(4-19)25-9/h3,5-7,9,19-20H,2,4H2,1H3,(H,15,21,22)/t6-,7-,9-/m0/s1. The van der Waals surface area contributed by atoms with Crippen LogP contribution in [0.4, 0.5) is 5.82 Å². The van der Waals surface area contributed by atoms with Crippen molar-refractivity contribution in [2.75, 3.05) is 6.61 Å². The van der Waals surface area contributed by atoms with E-state index in [2.05, 4.69) is 9.97 Å². The van der Waals surface area contributed by atoms with Gasteiger partial charge in [-0.25, -0.2) is 4.79 Å². The number of nitro groups is 1. The molecule has 0 saturated carbocycles. The van der Waals surface area contributed by atoms with Gasteiger partial charge in [0.05, 0.1) is 17.6 Å². The molecule has 0 spiro atoms. The van der Waals surface area contributed by atoms with Crippen LogP contribution in [0.3, 0.4) is 0 Å². The van der Waals surface area contributed by atoms with Crippen molar-refractivity contribution in [1.29, 1.82) is 0 Å². The summed E-state index contributed by atoms with van der Waals surface area (Å²) in [5.41, 5.74) is -1.47. The molecule has 0 radical (unpaired) electrons. The predicted molar refractivity (Wildman–Crippen MR) is 86.9 cm³/mol. The van der Waals surface area contributed by atoms with E-state index < -0.39 is 47.0 Å². The first kappa shape index (κ1) is 18.3. The number of hydrogen-bond donors (Lipinski definition) is 3. The van der Waals surface area contributed by atoms with Gasteiger partial charge in [-0.2, -0.15) is 0 Å². The topological polar surface area (TPSA) is 166 Å². The van der Waals surface area contributed by atoms with E-state index in [1.807, 2.05) is 0 Å². The van der Waals surface area contributed by atoms with Crippen molar-refractivity contribution < 1.29 is 19.9 Å². The Morgan fingerprint density at radius 1 is 1.54 bits per heavy atom. The molecule has 3 atom stereocenters. The maximum absolute atomic E-state index is 12.1. The SMILES string of the molecule is Cn1cnc([N+](=O)[O-])c1Sc1cn([C@@H]2C[C@H](O)[C@H](CO)O2)c(=O)[nH]c1=O. The van der Waals surface area contributed by atoms with Crippen LogP contribution in [0.15, 0.2) is 32.0 Å². The number of H-pyrrole nitrogens is 1. The molecule has 140 valence electrons. The summed E-state index contributed by atoms with van der Waals surface area (Å²) < 4.78 is 7.87. The number of rotatable bonds is 5. The summed E-state index contributed by atoms with van der Waals surface area (Å²) in [4.78, 5) is 40.3. The van der Waals surface area contributed by atoms with Gasteiger partial charge in [0.2, 0.25) is 6.33 Å². The molecule has 2 aromatic heterocycles. The van der Waals surface area contributed by atoms with Crippen molar-refractivity contribution in [3.63, 3.8) is 0 Å². The van der Waals surface area contributed by atoms with Crippen molar-refractivity contribution in [2.24, 2.45) is 7.05 Å². The molecule has 0 bridgehead atoms. The molecule has 0 aromatic carbocycles. The third-order valence-corrected chi connectivity index (χ3v) is 5.05. The first-order valence-corrected chi connectivity index (χ1v) is 8.27. The van der Waals surface area contributed by atoms with Gasteiger partial charge in [-0.1, -0.05) is 11.8 Å². The Morgan fingerprint density at radius 2 is 2.27 bits per heavy atom. The van der Waals surface area contributed by atoms with E-state index in [0.29, 0.717) is 0 Å². The Morgan fingerprint density at radius 3 is 2.88 bits per heavy atom. The van der Waals surface area contributed by atoms with Crippen LogP contribution in [0, 0.1) is 10.1 Å². The second-order valence-corrected chi connectivity index (χ2v) is 6.65. The van der Waals surface area contributed by atoms with Gasteiger partial charge in [0, 0.05) is 19.7 Å². The normalized spacial score (nSPS) is 22.7. The zero-order chi connectivity index (χ0) is 19.0. The average molecular weight is 385 g/mol. The molecule has 3 heterocycles. The number of imidazole rings is 1. The van der Waals surface area contributed by atoms with Gasteiger partial charge >= 0.3 is 11.5 Å². The molecule has 3 rings (SSSR count). The fourth-order valence-corrected chi connectivity index (χ4v) is 3.49. The zero-order valence-corrected chi connectivity index (χ0v) is 14.3. The van der Waals surface area contributed by atoms with E-state index >= 15 is 0 Å². The number of aryl methyl sites for hydroxylation is 1. The summed E-state index contributed by atoms with van der Waals surface area (Å²) in [5.74, 6) is -0.414. The van der Waals surface area contributed by atoms with Gasteiger partial charge in [0.1, 0.15) is 12.3 Å². The second-order valence-electron chi connectivity index (χ2n) is 5.62. The Labute approximate surface area is 149 Å². The lowest BCUT2D eigenvalue weighted by Crippen LogP contribution is -2.33. The first-order chi connectivity index (χ1) is 12.3. The fraction of sp³-hybridized carbons (Fsp3) is 0.462. The number of nitrogens with one attached hydrogen (secondary N) is 1.